The number of rotatable bonds is 3. The maximum atomic E-state index is 13.3. The average Bonchev–Trinajstić information content (AvgIpc) is 2.79. The van der Waals surface area contributed by atoms with Crippen molar-refractivity contribution in [3.05, 3.63) is 35.6 Å². The van der Waals surface area contributed by atoms with E-state index in [0.717, 1.165) is 24.9 Å². The smallest absolute Gasteiger partial charge is 0.227 e. The molecule has 2 fully saturated rings. The van der Waals surface area contributed by atoms with E-state index in [1.54, 1.807) is 12.1 Å². The van der Waals surface area contributed by atoms with Gasteiger partial charge in [0.05, 0.1) is 5.92 Å². The molecule has 0 aromatic heterocycles. The summed E-state index contributed by atoms with van der Waals surface area (Å²) < 4.78 is 13.3. The largest absolute Gasteiger partial charge is 0.354 e. The Morgan fingerprint density at radius 1 is 1.29 bits per heavy atom. The van der Waals surface area contributed by atoms with Crippen LogP contribution in [0.3, 0.4) is 0 Å². The monoisotopic (exact) mass is 333 g/mol. The van der Waals surface area contributed by atoms with E-state index in [0.29, 0.717) is 39.1 Å². The van der Waals surface area contributed by atoms with Crippen LogP contribution < -0.4 is 5.32 Å². The Balaban J connectivity index is 1.58. The first-order valence-corrected chi connectivity index (χ1v) is 8.64. The van der Waals surface area contributed by atoms with Crippen molar-refractivity contribution in [2.45, 2.75) is 25.8 Å². The fourth-order valence-electron chi connectivity index (χ4n) is 3.54. The van der Waals surface area contributed by atoms with Crippen LogP contribution >= 0.6 is 0 Å². The summed E-state index contributed by atoms with van der Waals surface area (Å²) in [6.07, 6.45) is 2.23. The highest BCUT2D eigenvalue weighted by Crippen LogP contribution is 2.21. The molecule has 0 bridgehead atoms. The second kappa shape index (κ2) is 7.75. The molecule has 0 aliphatic carbocycles. The van der Waals surface area contributed by atoms with Gasteiger partial charge >= 0.3 is 0 Å². The number of amides is 2. The molecule has 5 nitrogen and oxygen atoms in total. The molecule has 0 unspecified atom stereocenters. The first-order chi connectivity index (χ1) is 11.6. The minimum absolute atomic E-state index is 0.0154. The Kier molecular flexibility index (Phi) is 5.45. The van der Waals surface area contributed by atoms with Crippen LogP contribution in [0.2, 0.25) is 0 Å². The molecule has 0 spiro atoms. The summed E-state index contributed by atoms with van der Waals surface area (Å²) in [5.41, 5.74) is 0.938. The Bertz CT molecular complexity index is 608. The molecule has 2 heterocycles. The van der Waals surface area contributed by atoms with Gasteiger partial charge in [0.15, 0.2) is 0 Å². The lowest BCUT2D eigenvalue weighted by atomic mass is 9.96. The van der Waals surface area contributed by atoms with Crippen molar-refractivity contribution in [2.75, 3.05) is 32.7 Å². The Morgan fingerprint density at radius 2 is 2.17 bits per heavy atom. The van der Waals surface area contributed by atoms with Gasteiger partial charge in [-0.05, 0) is 37.1 Å². The fourth-order valence-corrected chi connectivity index (χ4v) is 3.54. The molecule has 24 heavy (non-hydrogen) atoms. The Morgan fingerprint density at radius 3 is 3.00 bits per heavy atom. The number of benzene rings is 1. The topological polar surface area (TPSA) is 52.7 Å². The molecule has 2 saturated heterocycles. The summed E-state index contributed by atoms with van der Waals surface area (Å²) in [6.45, 7) is 3.93. The Labute approximate surface area is 141 Å². The number of nitrogens with zero attached hydrogens (tertiary/aromatic N) is 2. The van der Waals surface area contributed by atoms with Crippen LogP contribution in [0, 0.1) is 11.7 Å². The molecule has 0 saturated carbocycles. The lowest BCUT2D eigenvalue weighted by Gasteiger charge is -2.34. The zero-order valence-corrected chi connectivity index (χ0v) is 13.8. The number of carbonyl (C=O) groups excluding carboxylic acids is 2. The standard InChI is InChI=1S/C18H24FN3O2/c19-16-5-1-3-14(11-16)12-21-8-2-4-15(13-21)18(24)22-9-6-17(23)20-7-10-22/h1,3,5,11,15H,2,4,6-10,12-13H2,(H,20,23)/t15-/m0/s1. The van der Waals surface area contributed by atoms with Crippen LogP contribution in [-0.2, 0) is 16.1 Å². The highest BCUT2D eigenvalue weighted by atomic mass is 19.1. The lowest BCUT2D eigenvalue weighted by Crippen LogP contribution is -2.45. The number of hydrogen-bond donors (Lipinski definition) is 1. The molecular weight excluding hydrogens is 309 g/mol. The first-order valence-electron chi connectivity index (χ1n) is 8.64. The first kappa shape index (κ1) is 16.9. The number of piperidine rings is 1. The molecule has 1 atom stereocenters. The third kappa shape index (κ3) is 4.32. The molecule has 1 N–H and O–H groups in total. The van der Waals surface area contributed by atoms with Gasteiger partial charge in [-0.3, -0.25) is 14.5 Å². The summed E-state index contributed by atoms with van der Waals surface area (Å²) in [6, 6.07) is 6.64. The SMILES string of the molecule is O=C1CCN(C(=O)[C@H]2CCCN(Cc3cccc(F)c3)C2)CCN1. The number of halogens is 1. The molecule has 1 aromatic carbocycles. The normalized spacial score (nSPS) is 22.8. The zero-order valence-electron chi connectivity index (χ0n) is 13.8. The predicted molar refractivity (Wildman–Crippen MR) is 88.6 cm³/mol. The van der Waals surface area contributed by atoms with Crippen LogP contribution in [0.15, 0.2) is 24.3 Å². The minimum Gasteiger partial charge on any atom is -0.354 e. The van der Waals surface area contributed by atoms with Gasteiger partial charge in [-0.2, -0.15) is 0 Å². The molecule has 130 valence electrons. The van der Waals surface area contributed by atoms with E-state index < -0.39 is 0 Å². The van der Waals surface area contributed by atoms with Gasteiger partial charge in [0.25, 0.3) is 0 Å². The van der Waals surface area contributed by atoms with Crippen molar-refractivity contribution < 1.29 is 14.0 Å². The van der Waals surface area contributed by atoms with Gasteiger partial charge in [-0.15, -0.1) is 0 Å². The summed E-state index contributed by atoms with van der Waals surface area (Å²) in [4.78, 5) is 28.2. The van der Waals surface area contributed by atoms with Crippen LogP contribution in [-0.4, -0.2) is 54.3 Å². The third-order valence-electron chi connectivity index (χ3n) is 4.77. The molecule has 1 aromatic rings. The van der Waals surface area contributed by atoms with E-state index in [-0.39, 0.29) is 23.5 Å². The maximum Gasteiger partial charge on any atom is 0.227 e. The molecule has 0 radical (unpaired) electrons. The summed E-state index contributed by atoms with van der Waals surface area (Å²) in [5.74, 6) is -0.0866. The summed E-state index contributed by atoms with van der Waals surface area (Å²) in [7, 11) is 0. The van der Waals surface area contributed by atoms with Crippen molar-refractivity contribution in [1.82, 2.24) is 15.1 Å². The second-order valence-corrected chi connectivity index (χ2v) is 6.63. The van der Waals surface area contributed by atoms with Crippen LogP contribution in [0.1, 0.15) is 24.8 Å². The van der Waals surface area contributed by atoms with E-state index in [1.165, 1.54) is 6.07 Å². The van der Waals surface area contributed by atoms with Crippen molar-refractivity contribution in [3.8, 4) is 0 Å². The van der Waals surface area contributed by atoms with Crippen LogP contribution in [0.4, 0.5) is 4.39 Å². The third-order valence-corrected chi connectivity index (χ3v) is 4.77. The van der Waals surface area contributed by atoms with E-state index in [1.807, 2.05) is 11.0 Å². The molecule has 2 amide bonds. The van der Waals surface area contributed by atoms with Crippen LogP contribution in [0.5, 0.6) is 0 Å². The average molecular weight is 333 g/mol. The fraction of sp³-hybridized carbons (Fsp3) is 0.556. The number of nitrogens with one attached hydrogen (secondary N) is 1. The van der Waals surface area contributed by atoms with E-state index >= 15 is 0 Å². The number of carbonyl (C=O) groups is 2. The van der Waals surface area contributed by atoms with Gasteiger partial charge in [0.2, 0.25) is 11.8 Å². The molecular formula is C18H24FN3O2. The van der Waals surface area contributed by atoms with E-state index in [9.17, 15) is 14.0 Å². The number of hydrogen-bond acceptors (Lipinski definition) is 3. The maximum absolute atomic E-state index is 13.3. The van der Waals surface area contributed by atoms with Gasteiger partial charge in [-0.1, -0.05) is 12.1 Å². The van der Waals surface area contributed by atoms with Gasteiger partial charge < -0.3 is 10.2 Å². The quantitative estimate of drug-likeness (QED) is 0.909. The molecule has 2 aliphatic heterocycles. The van der Waals surface area contributed by atoms with Crippen molar-refractivity contribution in [3.63, 3.8) is 0 Å². The van der Waals surface area contributed by atoms with Gasteiger partial charge in [0, 0.05) is 39.1 Å². The highest BCUT2D eigenvalue weighted by molar-refractivity contribution is 5.81. The number of likely N-dealkylation sites (tertiary alicyclic amines) is 1. The van der Waals surface area contributed by atoms with Crippen molar-refractivity contribution in [1.29, 1.82) is 0 Å². The van der Waals surface area contributed by atoms with Crippen molar-refractivity contribution in [2.24, 2.45) is 5.92 Å². The Hall–Kier alpha value is -1.95. The second-order valence-electron chi connectivity index (χ2n) is 6.63. The van der Waals surface area contributed by atoms with Gasteiger partial charge in [-0.25, -0.2) is 4.39 Å². The van der Waals surface area contributed by atoms with E-state index in [4.69, 9.17) is 0 Å². The van der Waals surface area contributed by atoms with Crippen molar-refractivity contribution >= 4 is 11.8 Å². The predicted octanol–water partition coefficient (Wildman–Crippen LogP) is 1.39. The zero-order chi connectivity index (χ0) is 16.9. The molecule has 6 heteroatoms. The minimum atomic E-state index is -0.223. The highest BCUT2D eigenvalue weighted by Gasteiger charge is 2.30. The summed E-state index contributed by atoms with van der Waals surface area (Å²) >= 11 is 0. The van der Waals surface area contributed by atoms with E-state index in [2.05, 4.69) is 10.2 Å². The van der Waals surface area contributed by atoms with Gasteiger partial charge in [0.1, 0.15) is 5.82 Å². The molecule has 3 rings (SSSR count). The summed E-state index contributed by atoms with van der Waals surface area (Å²) in [5, 5.41) is 2.80. The van der Waals surface area contributed by atoms with Crippen LogP contribution in [0.25, 0.3) is 0 Å². The lowest BCUT2D eigenvalue weighted by molar-refractivity contribution is -0.137. The molecule has 2 aliphatic rings.